The van der Waals surface area contributed by atoms with Crippen molar-refractivity contribution >= 4 is 0 Å². The number of ether oxygens (including phenoxy) is 2. The van der Waals surface area contributed by atoms with Crippen LogP contribution in [0.15, 0.2) is 18.2 Å². The fourth-order valence-electron chi connectivity index (χ4n) is 2.38. The SMILES string of the molecule is [CH2]Cc1cc(OCCCCCC)cc(OCCCCCC)c1. The molecule has 0 heterocycles. The normalized spacial score (nSPS) is 10.7. The number of rotatable bonds is 13. The van der Waals surface area contributed by atoms with Gasteiger partial charge in [-0.1, -0.05) is 52.4 Å². The molecule has 0 amide bonds. The summed E-state index contributed by atoms with van der Waals surface area (Å²) in [5.41, 5.74) is 1.18. The summed E-state index contributed by atoms with van der Waals surface area (Å²) < 4.78 is 11.7. The van der Waals surface area contributed by atoms with Crippen LogP contribution >= 0.6 is 0 Å². The topological polar surface area (TPSA) is 18.5 Å². The fraction of sp³-hybridized carbons (Fsp3) is 0.650. The first-order valence-corrected chi connectivity index (χ1v) is 8.99. The van der Waals surface area contributed by atoms with Gasteiger partial charge in [0.05, 0.1) is 13.2 Å². The molecular weight excluding hydrogens is 272 g/mol. The quantitative estimate of drug-likeness (QED) is 0.417. The summed E-state index contributed by atoms with van der Waals surface area (Å²) in [6.45, 7) is 9.99. The van der Waals surface area contributed by atoms with E-state index in [1.807, 2.05) is 6.07 Å². The third-order valence-electron chi connectivity index (χ3n) is 3.76. The van der Waals surface area contributed by atoms with Gasteiger partial charge in [-0.05, 0) is 43.9 Å². The van der Waals surface area contributed by atoms with E-state index < -0.39 is 0 Å². The van der Waals surface area contributed by atoms with Crippen molar-refractivity contribution in [2.24, 2.45) is 0 Å². The molecule has 0 aromatic heterocycles. The Morgan fingerprint density at radius 3 is 1.64 bits per heavy atom. The van der Waals surface area contributed by atoms with Gasteiger partial charge in [0.25, 0.3) is 0 Å². The maximum absolute atomic E-state index is 5.87. The zero-order valence-electron chi connectivity index (χ0n) is 14.5. The number of hydrogen-bond acceptors (Lipinski definition) is 2. The average Bonchev–Trinajstić information content (AvgIpc) is 2.54. The molecule has 0 aliphatic carbocycles. The van der Waals surface area contributed by atoms with Crippen LogP contribution < -0.4 is 9.47 Å². The van der Waals surface area contributed by atoms with Gasteiger partial charge in [0, 0.05) is 6.07 Å². The Kier molecular flexibility index (Phi) is 10.6. The Hall–Kier alpha value is -1.18. The summed E-state index contributed by atoms with van der Waals surface area (Å²) >= 11 is 0. The molecule has 0 aliphatic heterocycles. The third kappa shape index (κ3) is 8.31. The Balaban J connectivity index is 2.42. The first kappa shape index (κ1) is 18.9. The Bertz CT molecular complexity index is 355. The largest absolute Gasteiger partial charge is 0.493 e. The van der Waals surface area contributed by atoms with Gasteiger partial charge >= 0.3 is 0 Å². The number of unbranched alkanes of at least 4 members (excludes halogenated alkanes) is 6. The fourth-order valence-corrected chi connectivity index (χ4v) is 2.38. The summed E-state index contributed by atoms with van der Waals surface area (Å²) in [6.07, 6.45) is 10.6. The van der Waals surface area contributed by atoms with Gasteiger partial charge < -0.3 is 9.47 Å². The van der Waals surface area contributed by atoms with E-state index in [4.69, 9.17) is 9.47 Å². The van der Waals surface area contributed by atoms with Gasteiger partial charge in [-0.15, -0.1) is 0 Å². The first-order valence-electron chi connectivity index (χ1n) is 8.99. The molecule has 0 N–H and O–H groups in total. The molecule has 1 rings (SSSR count). The second-order valence-electron chi connectivity index (χ2n) is 5.88. The van der Waals surface area contributed by atoms with Crippen molar-refractivity contribution < 1.29 is 9.47 Å². The second-order valence-corrected chi connectivity index (χ2v) is 5.88. The van der Waals surface area contributed by atoms with E-state index in [2.05, 4.69) is 32.9 Å². The van der Waals surface area contributed by atoms with Crippen molar-refractivity contribution in [1.29, 1.82) is 0 Å². The minimum absolute atomic E-state index is 0.763. The zero-order valence-corrected chi connectivity index (χ0v) is 14.5. The monoisotopic (exact) mass is 305 g/mol. The van der Waals surface area contributed by atoms with Crippen molar-refractivity contribution in [2.75, 3.05) is 13.2 Å². The molecule has 125 valence electrons. The highest BCUT2D eigenvalue weighted by molar-refractivity contribution is 5.38. The lowest BCUT2D eigenvalue weighted by Gasteiger charge is -2.12. The zero-order chi connectivity index (χ0) is 16.0. The highest BCUT2D eigenvalue weighted by atomic mass is 16.5. The lowest BCUT2D eigenvalue weighted by Crippen LogP contribution is -2.01. The molecule has 0 spiro atoms. The van der Waals surface area contributed by atoms with Crippen molar-refractivity contribution in [2.45, 2.75) is 71.6 Å². The summed E-state index contributed by atoms with van der Waals surface area (Å²) in [7, 11) is 0. The minimum Gasteiger partial charge on any atom is -0.493 e. The van der Waals surface area contributed by atoms with Crippen LogP contribution in [0.2, 0.25) is 0 Å². The van der Waals surface area contributed by atoms with Crippen LogP contribution in [-0.2, 0) is 6.42 Å². The molecule has 1 aromatic rings. The predicted molar refractivity (Wildman–Crippen MR) is 94.8 cm³/mol. The van der Waals surface area contributed by atoms with E-state index in [0.29, 0.717) is 0 Å². The van der Waals surface area contributed by atoms with Gasteiger partial charge in [0.15, 0.2) is 0 Å². The van der Waals surface area contributed by atoms with Gasteiger partial charge in [0.2, 0.25) is 0 Å². The Morgan fingerprint density at radius 2 is 1.23 bits per heavy atom. The van der Waals surface area contributed by atoms with E-state index in [1.165, 1.54) is 44.1 Å². The van der Waals surface area contributed by atoms with Crippen LogP contribution in [0, 0.1) is 6.92 Å². The van der Waals surface area contributed by atoms with Crippen molar-refractivity contribution in [1.82, 2.24) is 0 Å². The Labute approximate surface area is 137 Å². The summed E-state index contributed by atoms with van der Waals surface area (Å²) in [6, 6.07) is 6.17. The molecule has 0 saturated carbocycles. The summed E-state index contributed by atoms with van der Waals surface area (Å²) in [5.74, 6) is 1.84. The van der Waals surface area contributed by atoms with E-state index in [-0.39, 0.29) is 0 Å². The molecule has 0 fully saturated rings. The molecule has 22 heavy (non-hydrogen) atoms. The molecule has 0 aliphatic rings. The molecule has 1 radical (unpaired) electrons. The molecule has 0 bridgehead atoms. The molecule has 2 nitrogen and oxygen atoms in total. The molecule has 1 aromatic carbocycles. The predicted octanol–water partition coefficient (Wildman–Crippen LogP) is 5.98. The maximum atomic E-state index is 5.87. The van der Waals surface area contributed by atoms with Crippen LogP contribution in [0.1, 0.15) is 70.8 Å². The van der Waals surface area contributed by atoms with E-state index in [1.54, 1.807) is 0 Å². The van der Waals surface area contributed by atoms with Gasteiger partial charge in [-0.25, -0.2) is 0 Å². The summed E-state index contributed by atoms with van der Waals surface area (Å²) in [5, 5.41) is 0. The molecular formula is C20H33O2. The smallest absolute Gasteiger partial charge is 0.123 e. The molecule has 0 saturated heterocycles. The highest BCUT2D eigenvalue weighted by Gasteiger charge is 2.03. The minimum atomic E-state index is 0.763. The first-order chi connectivity index (χ1) is 10.8. The van der Waals surface area contributed by atoms with E-state index in [0.717, 1.165) is 44.0 Å². The molecule has 0 atom stereocenters. The summed E-state index contributed by atoms with van der Waals surface area (Å²) in [4.78, 5) is 0. The van der Waals surface area contributed by atoms with Crippen molar-refractivity contribution in [3.8, 4) is 11.5 Å². The van der Waals surface area contributed by atoms with Crippen LogP contribution in [0.4, 0.5) is 0 Å². The standard InChI is InChI=1S/C20H33O2/c1-4-7-9-11-13-21-19-15-18(6-3)16-20(17-19)22-14-12-10-8-5-2/h15-17H,3-14H2,1-2H3. The number of hydrogen-bond donors (Lipinski definition) is 0. The Morgan fingerprint density at radius 1 is 0.727 bits per heavy atom. The average molecular weight is 305 g/mol. The van der Waals surface area contributed by atoms with Crippen molar-refractivity contribution in [3.05, 3.63) is 30.7 Å². The number of benzene rings is 1. The van der Waals surface area contributed by atoms with E-state index in [9.17, 15) is 0 Å². The molecule has 2 heteroatoms. The second kappa shape index (κ2) is 12.4. The maximum Gasteiger partial charge on any atom is 0.123 e. The van der Waals surface area contributed by atoms with Gasteiger partial charge in [-0.2, -0.15) is 0 Å². The van der Waals surface area contributed by atoms with Gasteiger partial charge in [0.1, 0.15) is 11.5 Å². The van der Waals surface area contributed by atoms with Crippen LogP contribution in [0.3, 0.4) is 0 Å². The molecule has 0 unspecified atom stereocenters. The van der Waals surface area contributed by atoms with Gasteiger partial charge in [-0.3, -0.25) is 0 Å². The van der Waals surface area contributed by atoms with E-state index >= 15 is 0 Å². The third-order valence-corrected chi connectivity index (χ3v) is 3.76. The van der Waals surface area contributed by atoms with Crippen LogP contribution in [0.5, 0.6) is 11.5 Å². The lowest BCUT2D eigenvalue weighted by atomic mass is 10.1. The van der Waals surface area contributed by atoms with Crippen LogP contribution in [0.25, 0.3) is 0 Å². The highest BCUT2D eigenvalue weighted by Crippen LogP contribution is 2.24. The lowest BCUT2D eigenvalue weighted by molar-refractivity contribution is 0.290. The van der Waals surface area contributed by atoms with Crippen molar-refractivity contribution in [3.63, 3.8) is 0 Å². The van der Waals surface area contributed by atoms with Crippen LogP contribution in [-0.4, -0.2) is 13.2 Å².